The fourth-order valence-electron chi connectivity index (χ4n) is 2.92. The van der Waals surface area contributed by atoms with Crippen LogP contribution in [0.2, 0.25) is 5.02 Å². The van der Waals surface area contributed by atoms with Crippen LogP contribution in [0.4, 0.5) is 11.4 Å². The van der Waals surface area contributed by atoms with E-state index in [-0.39, 0.29) is 22.0 Å². The van der Waals surface area contributed by atoms with Crippen molar-refractivity contribution in [2.75, 3.05) is 15.4 Å². The van der Waals surface area contributed by atoms with Gasteiger partial charge in [-0.25, -0.2) is 12.7 Å². The molecule has 142 valence electrons. The molecule has 2 aromatic rings. The Kier molecular flexibility index (Phi) is 5.26. The maximum absolute atomic E-state index is 12.5. The Morgan fingerprint density at radius 1 is 1.22 bits per heavy atom. The number of rotatable bonds is 4. The molecule has 0 saturated carbocycles. The maximum atomic E-state index is 12.5. The summed E-state index contributed by atoms with van der Waals surface area (Å²) in [5, 5.41) is 2.82. The van der Waals surface area contributed by atoms with Crippen LogP contribution in [-0.2, 0) is 21.2 Å². The van der Waals surface area contributed by atoms with Gasteiger partial charge in [0.15, 0.2) is 0 Å². The highest BCUT2D eigenvalue weighted by atomic mass is 35.5. The van der Waals surface area contributed by atoms with Gasteiger partial charge in [0, 0.05) is 5.69 Å². The fourth-order valence-corrected chi connectivity index (χ4v) is 5.00. The van der Waals surface area contributed by atoms with Gasteiger partial charge in [-0.15, -0.1) is 0 Å². The molecule has 1 aliphatic heterocycles. The predicted octanol–water partition coefficient (Wildman–Crippen LogP) is 3.47. The molecule has 1 aliphatic rings. The van der Waals surface area contributed by atoms with Crippen molar-refractivity contribution in [2.45, 2.75) is 20.3 Å². The van der Waals surface area contributed by atoms with E-state index in [0.717, 1.165) is 16.3 Å². The number of nitrogens with zero attached hydrogens (tertiary/aromatic N) is 1. The van der Waals surface area contributed by atoms with Crippen molar-refractivity contribution in [1.29, 1.82) is 0 Å². The number of nitrogens with one attached hydrogen (secondary N) is 1. The van der Waals surface area contributed by atoms with Crippen LogP contribution in [0, 0.1) is 5.92 Å². The molecule has 1 heterocycles. The summed E-state index contributed by atoms with van der Waals surface area (Å²) in [6.45, 7) is 3.61. The summed E-state index contributed by atoms with van der Waals surface area (Å²) in [7, 11) is -3.72. The van der Waals surface area contributed by atoms with Crippen LogP contribution in [0.1, 0.15) is 29.8 Å². The Morgan fingerprint density at radius 3 is 2.41 bits per heavy atom. The number of aryl methyl sites for hydroxylation is 1. The van der Waals surface area contributed by atoms with Crippen molar-refractivity contribution in [1.82, 2.24) is 0 Å². The van der Waals surface area contributed by atoms with Gasteiger partial charge in [-0.2, -0.15) is 0 Å². The average molecular weight is 407 g/mol. The van der Waals surface area contributed by atoms with Gasteiger partial charge in [-0.3, -0.25) is 9.59 Å². The number of hydrogen-bond donors (Lipinski definition) is 1. The summed E-state index contributed by atoms with van der Waals surface area (Å²) in [5.74, 6) is -1.76. The second kappa shape index (κ2) is 7.32. The molecule has 0 radical (unpaired) electrons. The van der Waals surface area contributed by atoms with Crippen molar-refractivity contribution in [3.05, 3.63) is 58.6 Å². The lowest BCUT2D eigenvalue weighted by Crippen LogP contribution is -2.30. The van der Waals surface area contributed by atoms with Gasteiger partial charge < -0.3 is 5.32 Å². The molecule has 2 aromatic carbocycles. The SMILES string of the molecule is CCc1ccc(NC(=O)c2ccc(N3C(=O)[C@@H](C)CS3(=O)=O)cc2Cl)cc1. The van der Waals surface area contributed by atoms with Crippen LogP contribution < -0.4 is 9.62 Å². The molecule has 0 aromatic heterocycles. The van der Waals surface area contributed by atoms with E-state index in [2.05, 4.69) is 5.32 Å². The fraction of sp³-hybridized carbons (Fsp3) is 0.263. The monoisotopic (exact) mass is 406 g/mol. The smallest absolute Gasteiger partial charge is 0.257 e. The first-order valence-corrected chi connectivity index (χ1v) is 10.5. The molecule has 0 aliphatic carbocycles. The lowest BCUT2D eigenvalue weighted by atomic mass is 10.1. The van der Waals surface area contributed by atoms with E-state index in [4.69, 9.17) is 11.6 Å². The average Bonchev–Trinajstić information content (AvgIpc) is 2.82. The van der Waals surface area contributed by atoms with Crippen molar-refractivity contribution in [2.24, 2.45) is 5.92 Å². The summed E-state index contributed by atoms with van der Waals surface area (Å²) in [6, 6.07) is 11.6. The molecule has 0 unspecified atom stereocenters. The zero-order valence-corrected chi connectivity index (χ0v) is 16.5. The first-order valence-electron chi connectivity index (χ1n) is 8.49. The van der Waals surface area contributed by atoms with Crippen molar-refractivity contribution in [3.63, 3.8) is 0 Å². The molecule has 1 saturated heterocycles. The number of amides is 2. The molecule has 1 N–H and O–H groups in total. The van der Waals surface area contributed by atoms with E-state index in [1.807, 2.05) is 19.1 Å². The second-order valence-electron chi connectivity index (χ2n) is 6.45. The summed E-state index contributed by atoms with van der Waals surface area (Å²) in [4.78, 5) is 24.6. The van der Waals surface area contributed by atoms with Crippen LogP contribution in [0.25, 0.3) is 0 Å². The van der Waals surface area contributed by atoms with Crippen molar-refractivity contribution >= 4 is 44.8 Å². The molecule has 6 nitrogen and oxygen atoms in total. The summed E-state index contributed by atoms with van der Waals surface area (Å²) in [6.07, 6.45) is 0.901. The third-order valence-corrected chi connectivity index (χ3v) is 6.59. The molecule has 8 heteroatoms. The third kappa shape index (κ3) is 3.84. The molecule has 3 rings (SSSR count). The van der Waals surface area contributed by atoms with Gasteiger partial charge >= 0.3 is 0 Å². The second-order valence-corrected chi connectivity index (χ2v) is 8.72. The van der Waals surface area contributed by atoms with Gasteiger partial charge in [-0.1, -0.05) is 37.6 Å². The Labute approximate surface area is 163 Å². The van der Waals surface area contributed by atoms with Gasteiger partial charge in [-0.05, 0) is 42.3 Å². The van der Waals surface area contributed by atoms with E-state index >= 15 is 0 Å². The van der Waals surface area contributed by atoms with Gasteiger partial charge in [0.1, 0.15) is 0 Å². The minimum Gasteiger partial charge on any atom is -0.322 e. The van der Waals surface area contributed by atoms with Crippen molar-refractivity contribution < 1.29 is 18.0 Å². The molecule has 2 amide bonds. The van der Waals surface area contributed by atoms with Gasteiger partial charge in [0.2, 0.25) is 15.9 Å². The number of benzene rings is 2. The summed E-state index contributed by atoms with van der Waals surface area (Å²) >= 11 is 6.20. The number of carbonyl (C=O) groups excluding carboxylic acids is 2. The molecule has 1 atom stereocenters. The Bertz CT molecular complexity index is 1000. The topological polar surface area (TPSA) is 83.6 Å². The number of sulfonamides is 1. The Hall–Kier alpha value is -2.38. The summed E-state index contributed by atoms with van der Waals surface area (Å²) in [5.41, 5.74) is 2.11. The quantitative estimate of drug-likeness (QED) is 0.842. The summed E-state index contributed by atoms with van der Waals surface area (Å²) < 4.78 is 25.1. The highest BCUT2D eigenvalue weighted by Gasteiger charge is 2.42. The van der Waals surface area contributed by atoms with Gasteiger partial charge in [0.25, 0.3) is 5.91 Å². The van der Waals surface area contributed by atoms with Crippen LogP contribution in [0.3, 0.4) is 0 Å². The molecular formula is C19H19ClN2O4S. The van der Waals surface area contributed by atoms with Gasteiger partial charge in [0.05, 0.1) is 27.9 Å². The van der Waals surface area contributed by atoms with E-state index in [1.54, 1.807) is 19.1 Å². The number of anilines is 2. The first-order chi connectivity index (χ1) is 12.7. The minimum absolute atomic E-state index is 0.0673. The lowest BCUT2D eigenvalue weighted by Gasteiger charge is -2.16. The maximum Gasteiger partial charge on any atom is 0.257 e. The van der Waals surface area contributed by atoms with Crippen LogP contribution in [0.5, 0.6) is 0 Å². The molecule has 1 fully saturated rings. The first kappa shape index (κ1) is 19.4. The zero-order valence-electron chi connectivity index (χ0n) is 14.9. The van der Waals surface area contributed by atoms with Crippen LogP contribution >= 0.6 is 11.6 Å². The highest BCUT2D eigenvalue weighted by Crippen LogP contribution is 2.31. The largest absolute Gasteiger partial charge is 0.322 e. The minimum atomic E-state index is -3.72. The molecule has 0 spiro atoms. The Morgan fingerprint density at radius 2 is 1.89 bits per heavy atom. The molecule has 0 bridgehead atoms. The standard InChI is InChI=1S/C19H19ClN2O4S/c1-3-13-4-6-14(7-5-13)21-18(23)16-9-8-15(10-17(16)20)22-19(24)12(2)11-27(22,25)26/h4-10,12H,3,11H2,1-2H3,(H,21,23)/t12-/m0/s1. The number of hydrogen-bond acceptors (Lipinski definition) is 4. The van der Waals surface area contributed by atoms with E-state index in [0.29, 0.717) is 5.69 Å². The van der Waals surface area contributed by atoms with E-state index < -0.39 is 27.8 Å². The zero-order chi connectivity index (χ0) is 19.8. The van der Waals surface area contributed by atoms with E-state index in [9.17, 15) is 18.0 Å². The highest BCUT2D eigenvalue weighted by molar-refractivity contribution is 7.94. The third-order valence-electron chi connectivity index (χ3n) is 4.41. The molecule has 27 heavy (non-hydrogen) atoms. The van der Waals surface area contributed by atoms with Crippen LogP contribution in [-0.4, -0.2) is 26.0 Å². The predicted molar refractivity (Wildman–Crippen MR) is 106 cm³/mol. The van der Waals surface area contributed by atoms with E-state index in [1.165, 1.54) is 18.2 Å². The normalized spacial score (nSPS) is 18.6. The molecular weight excluding hydrogens is 388 g/mol. The number of halogens is 1. The Balaban J connectivity index is 1.84. The number of carbonyl (C=O) groups is 2. The lowest BCUT2D eigenvalue weighted by molar-refractivity contribution is -0.119. The van der Waals surface area contributed by atoms with Crippen molar-refractivity contribution in [3.8, 4) is 0 Å². The van der Waals surface area contributed by atoms with Crippen LogP contribution in [0.15, 0.2) is 42.5 Å².